The van der Waals surface area contributed by atoms with E-state index in [1.807, 2.05) is 12.2 Å². The molecule has 0 aliphatic heterocycles. The maximum absolute atomic E-state index is 5.91. The van der Waals surface area contributed by atoms with Gasteiger partial charge >= 0.3 is 0 Å². The zero-order valence-electron chi connectivity index (χ0n) is 9.74. The number of hydrogen-bond acceptors (Lipinski definition) is 1. The van der Waals surface area contributed by atoms with Crippen LogP contribution in [-0.4, -0.2) is 12.7 Å². The van der Waals surface area contributed by atoms with Crippen molar-refractivity contribution in [2.45, 2.75) is 38.7 Å². The summed E-state index contributed by atoms with van der Waals surface area (Å²) in [7, 11) is 0. The third-order valence-electron chi connectivity index (χ3n) is 3.09. The molecule has 0 aromatic carbocycles. The van der Waals surface area contributed by atoms with Crippen LogP contribution in [0.25, 0.3) is 0 Å². The van der Waals surface area contributed by atoms with Crippen LogP contribution in [0.3, 0.4) is 0 Å². The highest BCUT2D eigenvalue weighted by Crippen LogP contribution is 2.26. The summed E-state index contributed by atoms with van der Waals surface area (Å²) in [4.78, 5) is 0. The van der Waals surface area contributed by atoms with Gasteiger partial charge in [-0.05, 0) is 24.3 Å². The fraction of sp³-hybridized carbons (Fsp3) is 0.571. The molecule has 0 aromatic rings. The molecular weight excluding hydrogens is 184 g/mol. The Hall–Kier alpha value is -0.820. The topological polar surface area (TPSA) is 9.23 Å². The van der Waals surface area contributed by atoms with Crippen LogP contribution in [0.1, 0.15) is 32.6 Å². The van der Waals surface area contributed by atoms with E-state index in [4.69, 9.17) is 4.74 Å². The summed E-state index contributed by atoms with van der Waals surface area (Å²) in [6.07, 6.45) is 11.2. The second-order valence-corrected chi connectivity index (χ2v) is 4.29. The van der Waals surface area contributed by atoms with Crippen molar-refractivity contribution in [3.8, 4) is 0 Å². The summed E-state index contributed by atoms with van der Waals surface area (Å²) in [5.41, 5.74) is 1.11. The molecule has 0 radical (unpaired) electrons. The standard InChI is InChI=1S/C14H22O/c1-4-8-13(5-2)11-15-14-10-7-6-9-12(14)3/h4-5,8,12,14H,1-2,6-7,9-11H2,3H3/b13-8+/t12-,14-/m0/s1. The van der Waals surface area contributed by atoms with Crippen LogP contribution in [0.2, 0.25) is 0 Å². The summed E-state index contributed by atoms with van der Waals surface area (Å²) >= 11 is 0. The van der Waals surface area contributed by atoms with Crippen molar-refractivity contribution in [2.75, 3.05) is 6.61 Å². The molecule has 0 aromatic heterocycles. The molecule has 2 atom stereocenters. The van der Waals surface area contributed by atoms with Gasteiger partial charge in [0, 0.05) is 0 Å². The Morgan fingerprint density at radius 1 is 1.33 bits per heavy atom. The molecule has 84 valence electrons. The van der Waals surface area contributed by atoms with Crippen LogP contribution in [0, 0.1) is 5.92 Å². The molecule has 0 bridgehead atoms. The van der Waals surface area contributed by atoms with Crippen molar-refractivity contribution in [2.24, 2.45) is 5.92 Å². The Labute approximate surface area is 93.5 Å². The van der Waals surface area contributed by atoms with Crippen molar-refractivity contribution in [1.82, 2.24) is 0 Å². The van der Waals surface area contributed by atoms with Gasteiger partial charge in [0.25, 0.3) is 0 Å². The summed E-state index contributed by atoms with van der Waals surface area (Å²) < 4.78 is 5.91. The molecule has 1 fully saturated rings. The molecule has 0 spiro atoms. The van der Waals surface area contributed by atoms with Crippen molar-refractivity contribution in [3.05, 3.63) is 37.0 Å². The second-order valence-electron chi connectivity index (χ2n) is 4.29. The fourth-order valence-corrected chi connectivity index (χ4v) is 2.06. The van der Waals surface area contributed by atoms with Crippen LogP contribution < -0.4 is 0 Å². The van der Waals surface area contributed by atoms with E-state index in [2.05, 4.69) is 20.1 Å². The molecule has 1 rings (SSSR count). The average molecular weight is 206 g/mol. The molecule has 1 saturated carbocycles. The lowest BCUT2D eigenvalue weighted by Crippen LogP contribution is -2.26. The first-order chi connectivity index (χ1) is 7.27. The Bertz CT molecular complexity index is 240. The second kappa shape index (κ2) is 6.62. The summed E-state index contributed by atoms with van der Waals surface area (Å²) in [6, 6.07) is 0. The van der Waals surface area contributed by atoms with Gasteiger partial charge in [-0.25, -0.2) is 0 Å². The molecule has 0 unspecified atom stereocenters. The molecule has 1 aliphatic carbocycles. The van der Waals surface area contributed by atoms with Crippen molar-refractivity contribution < 1.29 is 4.74 Å². The van der Waals surface area contributed by atoms with Crippen LogP contribution in [0.15, 0.2) is 37.0 Å². The molecule has 0 saturated heterocycles. The quantitative estimate of drug-likeness (QED) is 0.620. The lowest BCUT2D eigenvalue weighted by Gasteiger charge is -2.28. The molecule has 1 aliphatic rings. The maximum Gasteiger partial charge on any atom is 0.0720 e. The Morgan fingerprint density at radius 3 is 2.67 bits per heavy atom. The van der Waals surface area contributed by atoms with Gasteiger partial charge in [-0.2, -0.15) is 0 Å². The molecule has 0 heterocycles. The molecule has 0 amide bonds. The van der Waals surface area contributed by atoms with E-state index < -0.39 is 0 Å². The lowest BCUT2D eigenvalue weighted by atomic mass is 9.88. The first-order valence-electron chi connectivity index (χ1n) is 5.83. The van der Waals surface area contributed by atoms with Gasteiger partial charge in [-0.15, -0.1) is 0 Å². The first kappa shape index (κ1) is 12.3. The zero-order chi connectivity index (χ0) is 11.1. The van der Waals surface area contributed by atoms with Gasteiger partial charge in [-0.3, -0.25) is 0 Å². The van der Waals surface area contributed by atoms with E-state index in [-0.39, 0.29) is 0 Å². The van der Waals surface area contributed by atoms with Gasteiger partial charge in [0.05, 0.1) is 12.7 Å². The third-order valence-corrected chi connectivity index (χ3v) is 3.09. The largest absolute Gasteiger partial charge is 0.373 e. The first-order valence-corrected chi connectivity index (χ1v) is 5.83. The molecule has 15 heavy (non-hydrogen) atoms. The van der Waals surface area contributed by atoms with E-state index in [0.29, 0.717) is 18.6 Å². The summed E-state index contributed by atoms with van der Waals surface area (Å²) in [5.74, 6) is 0.702. The van der Waals surface area contributed by atoms with Crippen molar-refractivity contribution in [1.29, 1.82) is 0 Å². The molecular formula is C14H22O. The van der Waals surface area contributed by atoms with Crippen molar-refractivity contribution >= 4 is 0 Å². The smallest absolute Gasteiger partial charge is 0.0720 e. The minimum atomic E-state index is 0.437. The SMILES string of the molecule is C=C/C=C(\C=C)CO[C@H]1CCCC[C@@H]1C. The maximum atomic E-state index is 5.91. The Balaban J connectivity index is 2.37. The Kier molecular flexibility index (Phi) is 5.41. The fourth-order valence-electron chi connectivity index (χ4n) is 2.06. The third kappa shape index (κ3) is 4.05. The highest BCUT2D eigenvalue weighted by Gasteiger charge is 2.21. The normalized spacial score (nSPS) is 27.4. The van der Waals surface area contributed by atoms with Crippen LogP contribution in [0.5, 0.6) is 0 Å². The van der Waals surface area contributed by atoms with Gasteiger partial charge < -0.3 is 4.74 Å². The monoisotopic (exact) mass is 206 g/mol. The molecule has 1 heteroatoms. The van der Waals surface area contributed by atoms with Gasteiger partial charge in [0.15, 0.2) is 0 Å². The van der Waals surface area contributed by atoms with Crippen LogP contribution >= 0.6 is 0 Å². The predicted molar refractivity (Wildman–Crippen MR) is 65.8 cm³/mol. The van der Waals surface area contributed by atoms with Gasteiger partial charge in [0.2, 0.25) is 0 Å². The van der Waals surface area contributed by atoms with E-state index in [1.54, 1.807) is 6.08 Å². The van der Waals surface area contributed by atoms with Crippen LogP contribution in [-0.2, 0) is 4.74 Å². The minimum Gasteiger partial charge on any atom is -0.373 e. The Morgan fingerprint density at radius 2 is 2.07 bits per heavy atom. The number of rotatable bonds is 5. The predicted octanol–water partition coefficient (Wildman–Crippen LogP) is 3.88. The highest BCUT2D eigenvalue weighted by atomic mass is 16.5. The molecule has 1 nitrogen and oxygen atoms in total. The zero-order valence-corrected chi connectivity index (χ0v) is 9.74. The average Bonchev–Trinajstić information content (AvgIpc) is 2.26. The highest BCUT2D eigenvalue weighted by molar-refractivity contribution is 5.21. The van der Waals surface area contributed by atoms with E-state index in [1.165, 1.54) is 25.7 Å². The van der Waals surface area contributed by atoms with Crippen LogP contribution in [0.4, 0.5) is 0 Å². The lowest BCUT2D eigenvalue weighted by molar-refractivity contribution is 0.00801. The van der Waals surface area contributed by atoms with E-state index in [9.17, 15) is 0 Å². The van der Waals surface area contributed by atoms with E-state index >= 15 is 0 Å². The van der Waals surface area contributed by atoms with Gasteiger partial charge in [0.1, 0.15) is 0 Å². The summed E-state index contributed by atoms with van der Waals surface area (Å²) in [5, 5.41) is 0. The van der Waals surface area contributed by atoms with Gasteiger partial charge in [-0.1, -0.05) is 51.2 Å². The summed E-state index contributed by atoms with van der Waals surface area (Å²) in [6.45, 7) is 10.4. The van der Waals surface area contributed by atoms with Crippen molar-refractivity contribution in [3.63, 3.8) is 0 Å². The number of hydrogen-bond donors (Lipinski definition) is 0. The number of allylic oxidation sites excluding steroid dienone is 2. The number of ether oxygens (including phenoxy) is 1. The minimum absolute atomic E-state index is 0.437. The molecule has 0 N–H and O–H groups in total. The van der Waals surface area contributed by atoms with E-state index in [0.717, 1.165) is 5.57 Å².